The van der Waals surface area contributed by atoms with Crippen molar-refractivity contribution in [2.24, 2.45) is 18.4 Å². The van der Waals surface area contributed by atoms with Crippen LogP contribution in [0.1, 0.15) is 24.8 Å². The van der Waals surface area contributed by atoms with E-state index < -0.39 is 29.1 Å². The van der Waals surface area contributed by atoms with Gasteiger partial charge in [-0.05, 0) is 62.5 Å². The third-order valence-electron chi connectivity index (χ3n) is 10.4. The molecule has 1 saturated carbocycles. The Balaban J connectivity index is 1.39. The van der Waals surface area contributed by atoms with Gasteiger partial charge in [-0.1, -0.05) is 12.0 Å². The van der Waals surface area contributed by atoms with Gasteiger partial charge in [-0.3, -0.25) is 4.68 Å². The third kappa shape index (κ3) is 5.09. The summed E-state index contributed by atoms with van der Waals surface area (Å²) in [4.78, 5) is 13.2. The number of phenolic OH excluding ortho intramolecular Hbond substituents is 1. The molecule has 14 heteroatoms. The van der Waals surface area contributed by atoms with Crippen molar-refractivity contribution in [1.82, 2.24) is 30.0 Å². The molecular formula is C36H34F5N7O2. The lowest BCUT2D eigenvalue weighted by Crippen LogP contribution is -2.52. The molecule has 2 unspecified atom stereocenters. The highest BCUT2D eigenvalue weighted by Gasteiger charge is 2.67. The number of piperazine rings is 1. The van der Waals surface area contributed by atoms with E-state index in [1.807, 2.05) is 0 Å². The Morgan fingerprint density at radius 2 is 1.84 bits per heavy atom. The molecule has 2 aliphatic heterocycles. The minimum Gasteiger partial charge on any atom is -0.508 e. The summed E-state index contributed by atoms with van der Waals surface area (Å²) >= 11 is 0. The van der Waals surface area contributed by atoms with Crippen molar-refractivity contribution in [2.75, 3.05) is 45.2 Å². The molecule has 2 aromatic heterocycles. The van der Waals surface area contributed by atoms with Crippen molar-refractivity contribution < 1.29 is 31.8 Å². The lowest BCUT2D eigenvalue weighted by molar-refractivity contribution is -0.158. The van der Waals surface area contributed by atoms with Crippen LogP contribution in [0.25, 0.3) is 43.7 Å². The van der Waals surface area contributed by atoms with Gasteiger partial charge in [0.2, 0.25) is 0 Å². The van der Waals surface area contributed by atoms with Crippen molar-refractivity contribution in [2.45, 2.75) is 37.5 Å². The molecule has 50 heavy (non-hydrogen) atoms. The number of ether oxygens (including phenoxy) is 1. The van der Waals surface area contributed by atoms with Gasteiger partial charge in [0.1, 0.15) is 28.4 Å². The smallest absolute Gasteiger partial charge is 0.392 e. The maximum Gasteiger partial charge on any atom is 0.392 e. The van der Waals surface area contributed by atoms with Gasteiger partial charge in [-0.15, -0.1) is 6.42 Å². The molecule has 5 aromatic rings. The van der Waals surface area contributed by atoms with Crippen molar-refractivity contribution in [3.63, 3.8) is 0 Å². The Kier molecular flexibility index (Phi) is 7.40. The van der Waals surface area contributed by atoms with Crippen molar-refractivity contribution in [1.29, 1.82) is 0 Å². The van der Waals surface area contributed by atoms with Crippen LogP contribution in [-0.2, 0) is 7.05 Å². The molecule has 0 spiro atoms. The lowest BCUT2D eigenvalue weighted by atomic mass is 9.91. The SMILES string of the molecule is C#Cc1c(F)ccc2cc(O)cc(-c3c(F)c4nc(OC[C@]5(CN(C)C)C[C@@H]5C(F)(F)F)nc(N5C6CCC5CNC6)c4c4cn(C)nc34)c12. The molecule has 1 aliphatic carbocycles. The number of aryl methyl sites for hydroxylation is 1. The van der Waals surface area contributed by atoms with Gasteiger partial charge in [0.05, 0.1) is 23.5 Å². The van der Waals surface area contributed by atoms with Crippen LogP contribution in [0.5, 0.6) is 11.8 Å². The van der Waals surface area contributed by atoms with E-state index in [0.717, 1.165) is 12.8 Å². The fourth-order valence-corrected chi connectivity index (χ4v) is 8.33. The maximum atomic E-state index is 17.5. The highest BCUT2D eigenvalue weighted by molar-refractivity contribution is 6.18. The Bertz CT molecular complexity index is 2230. The van der Waals surface area contributed by atoms with E-state index in [1.54, 1.807) is 32.2 Å². The number of hydrogen-bond donors (Lipinski definition) is 2. The lowest BCUT2D eigenvalue weighted by Gasteiger charge is -2.37. The Morgan fingerprint density at radius 3 is 2.50 bits per heavy atom. The first-order valence-electron chi connectivity index (χ1n) is 16.4. The first-order valence-corrected chi connectivity index (χ1v) is 16.4. The molecule has 4 heterocycles. The van der Waals surface area contributed by atoms with Crippen LogP contribution in [0, 0.1) is 35.3 Å². The summed E-state index contributed by atoms with van der Waals surface area (Å²) in [6.07, 6.45) is 4.70. The number of terminal acetylenes is 1. The van der Waals surface area contributed by atoms with E-state index in [0.29, 0.717) is 35.1 Å². The molecule has 0 amide bonds. The van der Waals surface area contributed by atoms with Gasteiger partial charge in [0.15, 0.2) is 5.82 Å². The highest BCUT2D eigenvalue weighted by Crippen LogP contribution is 2.60. The zero-order valence-electron chi connectivity index (χ0n) is 27.6. The summed E-state index contributed by atoms with van der Waals surface area (Å²) in [7, 11) is 5.10. The van der Waals surface area contributed by atoms with Gasteiger partial charge >= 0.3 is 12.2 Å². The Labute approximate surface area is 284 Å². The number of aromatic nitrogens is 4. The molecule has 260 valence electrons. The molecule has 2 bridgehead atoms. The molecule has 3 aliphatic rings. The monoisotopic (exact) mass is 691 g/mol. The van der Waals surface area contributed by atoms with Crippen LogP contribution in [-0.4, -0.2) is 88.4 Å². The molecular weight excluding hydrogens is 657 g/mol. The van der Waals surface area contributed by atoms with Gasteiger partial charge in [0, 0.05) is 66.7 Å². The van der Waals surface area contributed by atoms with Crippen LogP contribution < -0.4 is 15.0 Å². The standard InChI is InChI=1S/C36H34F5N7O2/c1-5-22-25(37)9-6-18-10-21(49)11-23(27(18)22)28-30(38)32-29(24-15-47(4)45-31(24)28)33(48-19-7-8-20(48)14-42-13-19)44-34(43-32)50-17-35(16-46(2)3)12-26(35)36(39,40)41/h1,6,9-11,15,19-20,26,42,49H,7-8,12-14,16-17H2,2-4H3/t19?,20?,26-,35+/m0/s1. The van der Waals surface area contributed by atoms with E-state index in [9.17, 15) is 18.3 Å². The van der Waals surface area contributed by atoms with Crippen molar-refractivity contribution in [3.8, 4) is 35.2 Å². The summed E-state index contributed by atoms with van der Waals surface area (Å²) in [6, 6.07) is 5.17. The summed E-state index contributed by atoms with van der Waals surface area (Å²) in [5.74, 6) is -0.510. The molecule has 9 nitrogen and oxygen atoms in total. The second kappa shape index (κ2) is 11.4. The second-order valence-electron chi connectivity index (χ2n) is 14.1. The molecule has 3 aromatic carbocycles. The van der Waals surface area contributed by atoms with Crippen molar-refractivity contribution in [3.05, 3.63) is 47.7 Å². The average molecular weight is 692 g/mol. The van der Waals surface area contributed by atoms with Gasteiger partial charge < -0.3 is 25.0 Å². The Morgan fingerprint density at radius 1 is 1.10 bits per heavy atom. The molecule has 4 atom stereocenters. The van der Waals surface area contributed by atoms with Crippen LogP contribution in [0.15, 0.2) is 30.5 Å². The zero-order chi connectivity index (χ0) is 35.3. The minimum atomic E-state index is -4.40. The normalized spacial score (nSPS) is 23.4. The number of hydrogen-bond acceptors (Lipinski definition) is 8. The molecule has 2 saturated heterocycles. The van der Waals surface area contributed by atoms with Gasteiger partial charge in [-0.2, -0.15) is 28.2 Å². The number of rotatable bonds is 7. The minimum absolute atomic E-state index is 0.0310. The first-order chi connectivity index (χ1) is 23.8. The molecule has 8 rings (SSSR count). The summed E-state index contributed by atoms with van der Waals surface area (Å²) < 4.78 is 81.9. The summed E-state index contributed by atoms with van der Waals surface area (Å²) in [5, 5.41) is 20.3. The Hall–Kier alpha value is -4.74. The van der Waals surface area contributed by atoms with E-state index in [4.69, 9.17) is 16.1 Å². The first kappa shape index (κ1) is 32.5. The maximum absolute atomic E-state index is 17.5. The average Bonchev–Trinajstić information content (AvgIpc) is 3.56. The van der Waals surface area contributed by atoms with Gasteiger partial charge in [-0.25, -0.2) is 8.78 Å². The number of nitrogens with zero attached hydrogens (tertiary/aromatic N) is 6. The predicted octanol–water partition coefficient (Wildman–Crippen LogP) is 5.75. The number of nitrogens with one attached hydrogen (secondary N) is 1. The third-order valence-corrected chi connectivity index (χ3v) is 10.4. The van der Waals surface area contributed by atoms with Crippen LogP contribution in [0.4, 0.5) is 27.8 Å². The summed E-state index contributed by atoms with van der Waals surface area (Å²) in [6.45, 7) is 1.15. The number of alkyl halides is 3. The topological polar surface area (TPSA) is 91.6 Å². The van der Waals surface area contributed by atoms with Crippen LogP contribution in [0.2, 0.25) is 0 Å². The molecule has 0 radical (unpaired) electrons. The quantitative estimate of drug-likeness (QED) is 0.165. The zero-order valence-corrected chi connectivity index (χ0v) is 27.6. The fraction of sp³-hybridized carbons (Fsp3) is 0.417. The number of halogens is 5. The second-order valence-corrected chi connectivity index (χ2v) is 14.1. The largest absolute Gasteiger partial charge is 0.508 e. The van der Waals surface area contributed by atoms with E-state index in [2.05, 4.69) is 26.2 Å². The van der Waals surface area contributed by atoms with Gasteiger partial charge in [0.25, 0.3) is 0 Å². The fourth-order valence-electron chi connectivity index (χ4n) is 8.33. The van der Waals surface area contributed by atoms with Crippen molar-refractivity contribution >= 4 is 38.4 Å². The summed E-state index contributed by atoms with van der Waals surface area (Å²) in [5.41, 5.74) is -1.20. The number of fused-ring (bicyclic) bond motifs is 6. The highest BCUT2D eigenvalue weighted by atomic mass is 19.4. The number of anilines is 1. The number of benzene rings is 3. The van der Waals surface area contributed by atoms with Crippen LogP contribution >= 0.6 is 0 Å². The number of aromatic hydroxyl groups is 1. The molecule has 2 N–H and O–H groups in total. The predicted molar refractivity (Wildman–Crippen MR) is 179 cm³/mol. The number of phenols is 1. The van der Waals surface area contributed by atoms with E-state index in [-0.39, 0.29) is 76.5 Å². The van der Waals surface area contributed by atoms with E-state index >= 15 is 8.78 Å². The molecule has 3 fully saturated rings. The van der Waals surface area contributed by atoms with Crippen LogP contribution in [0.3, 0.4) is 0 Å². The van der Waals surface area contributed by atoms with E-state index in [1.165, 1.54) is 28.9 Å².